The maximum absolute atomic E-state index is 10.6. The van der Waals surface area contributed by atoms with E-state index in [4.69, 9.17) is 22.2 Å². The van der Waals surface area contributed by atoms with Crippen molar-refractivity contribution in [1.29, 1.82) is 0 Å². The van der Waals surface area contributed by atoms with Crippen LogP contribution in [0.1, 0.15) is 17.5 Å². The lowest BCUT2D eigenvalue weighted by atomic mass is 10.1. The van der Waals surface area contributed by atoms with Crippen molar-refractivity contribution in [2.75, 3.05) is 6.54 Å². The van der Waals surface area contributed by atoms with Crippen LogP contribution in [0.25, 0.3) is 10.4 Å². The van der Waals surface area contributed by atoms with Crippen LogP contribution in [-0.2, 0) is 11.2 Å². The van der Waals surface area contributed by atoms with E-state index in [0.717, 1.165) is 0 Å². The van der Waals surface area contributed by atoms with Crippen molar-refractivity contribution in [2.24, 2.45) is 5.11 Å². The lowest BCUT2D eigenvalue weighted by Crippen LogP contribution is -2.00. The smallest absolute Gasteiger partial charge is 0.307 e. The molecule has 92 valence electrons. The Labute approximate surface area is 109 Å². The van der Waals surface area contributed by atoms with Crippen molar-refractivity contribution in [3.05, 3.63) is 44.8 Å². The molecule has 0 aromatic heterocycles. The molecule has 0 saturated heterocycles. The SMILES string of the molecule is [N-]=[N+]=NCCC#Cc1ccc(CC(=O)O)c(Cl)c1. The second-order valence-corrected chi connectivity index (χ2v) is 3.79. The molecule has 1 aromatic rings. The van der Waals surface area contributed by atoms with E-state index in [0.29, 0.717) is 29.1 Å². The molecule has 5 nitrogen and oxygen atoms in total. The number of carboxylic acid groups (broad SMARTS) is 1. The molecule has 0 fully saturated rings. The third-order valence-corrected chi connectivity index (χ3v) is 2.38. The Kier molecular flexibility index (Phi) is 5.59. The number of nitrogens with zero attached hydrogens (tertiary/aromatic N) is 3. The minimum atomic E-state index is -0.926. The second-order valence-electron chi connectivity index (χ2n) is 3.38. The van der Waals surface area contributed by atoms with Gasteiger partial charge in [0.1, 0.15) is 0 Å². The van der Waals surface area contributed by atoms with E-state index in [1.54, 1.807) is 18.2 Å². The van der Waals surface area contributed by atoms with Crippen LogP contribution in [0.2, 0.25) is 5.02 Å². The summed E-state index contributed by atoms with van der Waals surface area (Å²) in [6.45, 7) is 0.328. The van der Waals surface area contributed by atoms with Gasteiger partial charge in [-0.1, -0.05) is 34.6 Å². The number of aliphatic carboxylic acids is 1. The molecule has 0 saturated carbocycles. The van der Waals surface area contributed by atoms with Crippen molar-refractivity contribution in [2.45, 2.75) is 12.8 Å². The Hall–Kier alpha value is -2.15. The Morgan fingerprint density at radius 3 is 2.94 bits per heavy atom. The molecule has 0 unspecified atom stereocenters. The minimum absolute atomic E-state index is 0.108. The summed E-state index contributed by atoms with van der Waals surface area (Å²) in [5.41, 5.74) is 9.33. The van der Waals surface area contributed by atoms with Gasteiger partial charge < -0.3 is 5.11 Å². The molecule has 1 rings (SSSR count). The second kappa shape index (κ2) is 7.23. The molecule has 0 bridgehead atoms. The van der Waals surface area contributed by atoms with Crippen LogP contribution in [0.3, 0.4) is 0 Å². The molecule has 6 heteroatoms. The van der Waals surface area contributed by atoms with E-state index in [-0.39, 0.29) is 6.42 Å². The Morgan fingerprint density at radius 2 is 2.33 bits per heavy atom. The predicted octanol–water partition coefficient (Wildman–Crippen LogP) is 3.02. The predicted molar refractivity (Wildman–Crippen MR) is 68.3 cm³/mol. The quantitative estimate of drug-likeness (QED) is 0.298. The number of rotatable bonds is 4. The zero-order valence-electron chi connectivity index (χ0n) is 9.43. The molecule has 1 aromatic carbocycles. The molecule has 0 aliphatic heterocycles. The van der Waals surface area contributed by atoms with E-state index >= 15 is 0 Å². The molecule has 0 aliphatic rings. The molecule has 0 aliphatic carbocycles. The first kappa shape index (κ1) is 13.9. The summed E-state index contributed by atoms with van der Waals surface area (Å²) in [6.07, 6.45) is 0.363. The van der Waals surface area contributed by atoms with E-state index in [2.05, 4.69) is 21.9 Å². The van der Waals surface area contributed by atoms with Gasteiger partial charge in [-0.3, -0.25) is 4.79 Å². The van der Waals surface area contributed by atoms with Crippen LogP contribution >= 0.6 is 11.6 Å². The summed E-state index contributed by atoms with van der Waals surface area (Å²) in [5, 5.41) is 12.4. The summed E-state index contributed by atoms with van der Waals surface area (Å²) >= 11 is 5.94. The zero-order valence-corrected chi connectivity index (χ0v) is 10.2. The van der Waals surface area contributed by atoms with Crippen molar-refractivity contribution >= 4 is 17.6 Å². The fraction of sp³-hybridized carbons (Fsp3) is 0.250. The number of carboxylic acids is 1. The molecule has 0 radical (unpaired) electrons. The van der Waals surface area contributed by atoms with Crippen LogP contribution in [0.5, 0.6) is 0 Å². The highest BCUT2D eigenvalue weighted by molar-refractivity contribution is 6.31. The highest BCUT2D eigenvalue weighted by Gasteiger charge is 2.05. The third-order valence-electron chi connectivity index (χ3n) is 2.03. The Bertz CT molecular complexity index is 554. The summed E-state index contributed by atoms with van der Waals surface area (Å²) in [7, 11) is 0. The first-order valence-corrected chi connectivity index (χ1v) is 5.51. The highest BCUT2D eigenvalue weighted by atomic mass is 35.5. The summed E-state index contributed by atoms with van der Waals surface area (Å²) in [5.74, 6) is 4.77. The number of azide groups is 1. The molecule has 0 spiro atoms. The average Bonchev–Trinajstić information content (AvgIpc) is 2.32. The lowest BCUT2D eigenvalue weighted by Gasteiger charge is -2.01. The third kappa shape index (κ3) is 4.79. The van der Waals surface area contributed by atoms with Gasteiger partial charge in [0.05, 0.1) is 6.42 Å². The molecule has 0 amide bonds. The van der Waals surface area contributed by atoms with Gasteiger partial charge in [0.25, 0.3) is 0 Å². The number of benzene rings is 1. The number of hydrogen-bond acceptors (Lipinski definition) is 2. The van der Waals surface area contributed by atoms with E-state index in [1.807, 2.05) is 0 Å². The van der Waals surface area contributed by atoms with E-state index in [9.17, 15) is 4.79 Å². The Morgan fingerprint density at radius 1 is 1.56 bits per heavy atom. The molecular weight excluding hydrogens is 254 g/mol. The van der Waals surface area contributed by atoms with Crippen molar-refractivity contribution in [3.8, 4) is 11.8 Å². The van der Waals surface area contributed by atoms with E-state index < -0.39 is 5.97 Å². The molecule has 0 heterocycles. The fourth-order valence-electron chi connectivity index (χ4n) is 1.25. The monoisotopic (exact) mass is 263 g/mol. The highest BCUT2D eigenvalue weighted by Crippen LogP contribution is 2.18. The van der Waals surface area contributed by atoms with Crippen molar-refractivity contribution < 1.29 is 9.90 Å². The first-order chi connectivity index (χ1) is 8.63. The normalized spacial score (nSPS) is 8.94. The fourth-order valence-corrected chi connectivity index (χ4v) is 1.49. The van der Waals surface area contributed by atoms with Gasteiger partial charge in [-0.2, -0.15) is 0 Å². The largest absolute Gasteiger partial charge is 0.481 e. The van der Waals surface area contributed by atoms with Gasteiger partial charge in [0.15, 0.2) is 0 Å². The van der Waals surface area contributed by atoms with Gasteiger partial charge in [-0.25, -0.2) is 0 Å². The van der Waals surface area contributed by atoms with Crippen molar-refractivity contribution in [1.82, 2.24) is 0 Å². The van der Waals surface area contributed by atoms with Crippen LogP contribution in [0.4, 0.5) is 0 Å². The van der Waals surface area contributed by atoms with E-state index in [1.165, 1.54) is 0 Å². The average molecular weight is 264 g/mol. The van der Waals surface area contributed by atoms with Gasteiger partial charge in [0.2, 0.25) is 0 Å². The van der Waals surface area contributed by atoms with Crippen LogP contribution < -0.4 is 0 Å². The van der Waals surface area contributed by atoms with Crippen molar-refractivity contribution in [3.63, 3.8) is 0 Å². The maximum Gasteiger partial charge on any atom is 0.307 e. The van der Waals surface area contributed by atoms with Gasteiger partial charge in [-0.05, 0) is 23.2 Å². The standard InChI is InChI=1S/C12H10ClN3O2/c13-11-7-9(3-1-2-6-15-16-14)4-5-10(11)8-12(17)18/h4-5,7H,2,6,8H2,(H,17,18). The van der Waals surface area contributed by atoms with Gasteiger partial charge >= 0.3 is 5.97 Å². The summed E-state index contributed by atoms with van der Waals surface area (Å²) in [4.78, 5) is 13.2. The van der Waals surface area contributed by atoms with Crippen LogP contribution in [0.15, 0.2) is 23.3 Å². The number of hydrogen-bond donors (Lipinski definition) is 1. The molecular formula is C12H10ClN3O2. The topological polar surface area (TPSA) is 86.1 Å². The van der Waals surface area contributed by atoms with Gasteiger partial charge in [-0.15, -0.1) is 0 Å². The Balaban J connectivity index is 2.71. The van der Waals surface area contributed by atoms with Crippen LogP contribution in [0, 0.1) is 11.8 Å². The summed E-state index contributed by atoms with van der Waals surface area (Å²) in [6, 6.07) is 4.99. The number of halogens is 1. The van der Waals surface area contributed by atoms with Crippen LogP contribution in [-0.4, -0.2) is 17.6 Å². The number of carbonyl (C=O) groups is 1. The minimum Gasteiger partial charge on any atom is -0.481 e. The molecule has 0 atom stereocenters. The molecule has 1 N–H and O–H groups in total. The molecule has 18 heavy (non-hydrogen) atoms. The zero-order chi connectivity index (χ0) is 13.4. The first-order valence-electron chi connectivity index (χ1n) is 5.13. The van der Waals surface area contributed by atoms with Gasteiger partial charge in [0, 0.05) is 28.5 Å². The summed E-state index contributed by atoms with van der Waals surface area (Å²) < 4.78 is 0. The maximum atomic E-state index is 10.6. The lowest BCUT2D eigenvalue weighted by molar-refractivity contribution is -0.136.